The minimum Gasteiger partial charge on any atom is -0.444 e. The molecule has 2 fully saturated rings. The molecule has 1 saturated carbocycles. The van der Waals surface area contributed by atoms with Crippen LogP contribution in [0.3, 0.4) is 0 Å². The first kappa shape index (κ1) is 16.6. The monoisotopic (exact) mass is 297 g/mol. The number of hydrogen-bond acceptors (Lipinski definition) is 4. The molecule has 2 aliphatic rings. The lowest BCUT2D eigenvalue weighted by Crippen LogP contribution is -2.42. The second kappa shape index (κ2) is 5.76. The fourth-order valence-electron chi connectivity index (χ4n) is 2.98. The maximum atomic E-state index is 12.0. The molecule has 21 heavy (non-hydrogen) atoms. The number of nitrogens with one attached hydrogen (secondary N) is 2. The molecule has 5 heteroatoms. The summed E-state index contributed by atoms with van der Waals surface area (Å²) >= 11 is 0. The topological polar surface area (TPSA) is 53.6 Å². The predicted molar refractivity (Wildman–Crippen MR) is 84.3 cm³/mol. The first-order chi connectivity index (χ1) is 9.57. The summed E-state index contributed by atoms with van der Waals surface area (Å²) in [7, 11) is 0. The third kappa shape index (κ3) is 4.85. The van der Waals surface area contributed by atoms with Gasteiger partial charge in [0, 0.05) is 37.8 Å². The minimum atomic E-state index is -0.403. The normalized spacial score (nSPS) is 28.5. The van der Waals surface area contributed by atoms with Crippen molar-refractivity contribution >= 4 is 6.09 Å². The van der Waals surface area contributed by atoms with Crippen LogP contribution in [0, 0.1) is 11.8 Å². The van der Waals surface area contributed by atoms with Crippen LogP contribution in [0.25, 0.3) is 0 Å². The SMILES string of the molecule is CC(C)(C)NCCNC1C2CN(C(=O)OC(C)(C)C)CC21. The molecule has 2 atom stereocenters. The molecule has 0 aromatic rings. The second-order valence-corrected chi connectivity index (χ2v) is 8.37. The highest BCUT2D eigenvalue weighted by Gasteiger charge is 2.56. The summed E-state index contributed by atoms with van der Waals surface area (Å²) in [6.45, 7) is 15.9. The van der Waals surface area contributed by atoms with Crippen LogP contribution in [0.1, 0.15) is 41.5 Å². The van der Waals surface area contributed by atoms with E-state index in [4.69, 9.17) is 4.74 Å². The van der Waals surface area contributed by atoms with Gasteiger partial charge in [0.25, 0.3) is 0 Å². The minimum absolute atomic E-state index is 0.164. The number of piperidine rings is 1. The Balaban J connectivity index is 1.63. The Kier molecular flexibility index (Phi) is 4.54. The average Bonchev–Trinajstić information content (AvgIpc) is 2.75. The molecule has 5 nitrogen and oxygen atoms in total. The average molecular weight is 297 g/mol. The highest BCUT2D eigenvalue weighted by molar-refractivity contribution is 5.69. The fourth-order valence-corrected chi connectivity index (χ4v) is 2.98. The van der Waals surface area contributed by atoms with E-state index in [2.05, 4.69) is 31.4 Å². The van der Waals surface area contributed by atoms with Gasteiger partial charge in [0.1, 0.15) is 5.60 Å². The maximum Gasteiger partial charge on any atom is 0.410 e. The smallest absolute Gasteiger partial charge is 0.410 e. The van der Waals surface area contributed by atoms with Crippen LogP contribution in [0.15, 0.2) is 0 Å². The van der Waals surface area contributed by atoms with Crippen LogP contribution in [-0.4, -0.2) is 54.4 Å². The predicted octanol–water partition coefficient (Wildman–Crippen LogP) is 1.83. The third-order valence-corrected chi connectivity index (χ3v) is 4.01. The molecule has 0 radical (unpaired) electrons. The molecule has 0 bridgehead atoms. The number of nitrogens with zero attached hydrogens (tertiary/aromatic N) is 1. The van der Waals surface area contributed by atoms with Crippen molar-refractivity contribution < 1.29 is 9.53 Å². The molecule has 1 amide bonds. The van der Waals surface area contributed by atoms with Crippen molar-refractivity contribution in [1.29, 1.82) is 0 Å². The molecule has 1 aliphatic heterocycles. The zero-order valence-electron chi connectivity index (χ0n) is 14.3. The molecule has 0 aromatic carbocycles. The first-order valence-electron chi connectivity index (χ1n) is 8.03. The van der Waals surface area contributed by atoms with Crippen LogP contribution in [-0.2, 0) is 4.74 Å². The highest BCUT2D eigenvalue weighted by Crippen LogP contribution is 2.45. The summed E-state index contributed by atoms with van der Waals surface area (Å²) in [5.41, 5.74) is -0.227. The van der Waals surface area contributed by atoms with E-state index < -0.39 is 5.60 Å². The van der Waals surface area contributed by atoms with E-state index >= 15 is 0 Å². The molecule has 0 aromatic heterocycles. The van der Waals surface area contributed by atoms with Crippen molar-refractivity contribution in [2.24, 2.45) is 11.8 Å². The van der Waals surface area contributed by atoms with E-state index in [0.717, 1.165) is 26.2 Å². The molecule has 122 valence electrons. The Hall–Kier alpha value is -0.810. The van der Waals surface area contributed by atoms with Gasteiger partial charge in [-0.1, -0.05) is 0 Å². The van der Waals surface area contributed by atoms with Gasteiger partial charge in [0.2, 0.25) is 0 Å². The molecular formula is C16H31N3O2. The number of amides is 1. The van der Waals surface area contributed by atoms with Gasteiger partial charge in [0.15, 0.2) is 0 Å². The van der Waals surface area contributed by atoms with Gasteiger partial charge in [0.05, 0.1) is 0 Å². The molecule has 1 saturated heterocycles. The van der Waals surface area contributed by atoms with Crippen molar-refractivity contribution in [2.45, 2.75) is 58.7 Å². The molecule has 1 heterocycles. The van der Waals surface area contributed by atoms with Crippen LogP contribution in [0.2, 0.25) is 0 Å². The summed E-state index contributed by atoms with van der Waals surface area (Å²) in [4.78, 5) is 13.8. The Morgan fingerprint density at radius 2 is 1.67 bits per heavy atom. The van der Waals surface area contributed by atoms with Gasteiger partial charge in [-0.05, 0) is 53.4 Å². The number of likely N-dealkylation sites (tertiary alicyclic amines) is 1. The van der Waals surface area contributed by atoms with Gasteiger partial charge in [-0.15, -0.1) is 0 Å². The largest absolute Gasteiger partial charge is 0.444 e. The summed E-state index contributed by atoms with van der Waals surface area (Å²) < 4.78 is 5.42. The number of rotatable bonds is 4. The van der Waals surface area contributed by atoms with Crippen LogP contribution < -0.4 is 10.6 Å². The Morgan fingerprint density at radius 3 is 2.14 bits per heavy atom. The number of carbonyl (C=O) groups is 1. The summed E-state index contributed by atoms with van der Waals surface area (Å²) in [5.74, 6) is 1.24. The molecular weight excluding hydrogens is 266 g/mol. The van der Waals surface area contributed by atoms with Gasteiger partial charge in [-0.3, -0.25) is 0 Å². The third-order valence-electron chi connectivity index (χ3n) is 4.01. The van der Waals surface area contributed by atoms with Crippen LogP contribution in [0.5, 0.6) is 0 Å². The standard InChI is InChI=1S/C16H31N3O2/c1-15(2,3)18-8-7-17-13-11-9-19(10-12(11)13)14(20)21-16(4,5)6/h11-13,17-18H,7-10H2,1-6H3. The van der Waals surface area contributed by atoms with Crippen molar-refractivity contribution in [2.75, 3.05) is 26.2 Å². The van der Waals surface area contributed by atoms with Crippen molar-refractivity contribution in [1.82, 2.24) is 15.5 Å². The summed E-state index contributed by atoms with van der Waals surface area (Å²) in [6, 6.07) is 0.588. The lowest BCUT2D eigenvalue weighted by molar-refractivity contribution is 0.0269. The van der Waals surface area contributed by atoms with Crippen molar-refractivity contribution in [3.63, 3.8) is 0 Å². The van der Waals surface area contributed by atoms with E-state index in [1.165, 1.54) is 0 Å². The molecule has 0 spiro atoms. The van der Waals surface area contributed by atoms with E-state index in [0.29, 0.717) is 17.9 Å². The first-order valence-corrected chi connectivity index (χ1v) is 8.03. The van der Waals surface area contributed by atoms with Gasteiger partial charge >= 0.3 is 6.09 Å². The summed E-state index contributed by atoms with van der Waals surface area (Å²) in [6.07, 6.45) is -0.164. The zero-order chi connectivity index (χ0) is 15.8. The Labute approximate surface area is 128 Å². The molecule has 2 rings (SSSR count). The number of ether oxygens (including phenoxy) is 1. The zero-order valence-corrected chi connectivity index (χ0v) is 14.3. The number of fused-ring (bicyclic) bond motifs is 1. The lowest BCUT2D eigenvalue weighted by atomic mass is 10.1. The quantitative estimate of drug-likeness (QED) is 0.777. The molecule has 2 N–H and O–H groups in total. The molecule has 2 unspecified atom stereocenters. The summed E-state index contributed by atoms with van der Waals surface area (Å²) in [5, 5.41) is 7.07. The van der Waals surface area contributed by atoms with E-state index in [-0.39, 0.29) is 11.6 Å². The maximum absolute atomic E-state index is 12.0. The van der Waals surface area contributed by atoms with Crippen LogP contribution in [0.4, 0.5) is 4.79 Å². The Morgan fingerprint density at radius 1 is 1.10 bits per heavy atom. The van der Waals surface area contributed by atoms with E-state index in [1.54, 1.807) is 0 Å². The van der Waals surface area contributed by atoms with Crippen LogP contribution >= 0.6 is 0 Å². The highest BCUT2D eigenvalue weighted by atomic mass is 16.6. The lowest BCUT2D eigenvalue weighted by Gasteiger charge is -2.26. The molecule has 1 aliphatic carbocycles. The number of carbonyl (C=O) groups excluding carboxylic acids is 1. The van der Waals surface area contributed by atoms with Crippen molar-refractivity contribution in [3.8, 4) is 0 Å². The van der Waals surface area contributed by atoms with E-state index in [1.807, 2.05) is 25.7 Å². The second-order valence-electron chi connectivity index (χ2n) is 8.37. The van der Waals surface area contributed by atoms with Crippen molar-refractivity contribution in [3.05, 3.63) is 0 Å². The van der Waals surface area contributed by atoms with Gasteiger partial charge in [-0.25, -0.2) is 4.79 Å². The fraction of sp³-hybridized carbons (Fsp3) is 0.938. The van der Waals surface area contributed by atoms with E-state index in [9.17, 15) is 4.79 Å². The van der Waals surface area contributed by atoms with Gasteiger partial charge in [-0.2, -0.15) is 0 Å². The number of hydrogen-bond donors (Lipinski definition) is 2. The Bertz CT molecular complexity index is 372. The van der Waals surface area contributed by atoms with Gasteiger partial charge < -0.3 is 20.3 Å².